The third kappa shape index (κ3) is 21.1. The molecule has 0 aliphatic rings. The Morgan fingerprint density at radius 1 is 0.688 bits per heavy atom. The first-order valence-corrected chi connectivity index (χ1v) is 21.2. The minimum Gasteiger partial charge on any atom is -0.508 e. The number of hydrogen-bond acceptors (Lipinski definition) is 13. The Labute approximate surface area is 373 Å². The van der Waals surface area contributed by atoms with Crippen LogP contribution in [0.3, 0.4) is 0 Å². The number of amides is 10. The average Bonchev–Trinajstić information content (AvgIpc) is 3.23. The van der Waals surface area contributed by atoms with Crippen molar-refractivity contribution in [3.8, 4) is 5.75 Å². The molecular formula is C41H68N12O11. The molecule has 10 amide bonds. The van der Waals surface area contributed by atoms with Crippen LogP contribution >= 0.6 is 0 Å². The summed E-state index contributed by atoms with van der Waals surface area (Å²) in [5, 5.41) is 27.2. The van der Waals surface area contributed by atoms with Crippen molar-refractivity contribution in [1.82, 2.24) is 42.1 Å². The van der Waals surface area contributed by atoms with E-state index in [9.17, 15) is 53.1 Å². The molecule has 0 radical (unpaired) electrons. The van der Waals surface area contributed by atoms with E-state index in [0.717, 1.165) is 24.2 Å². The average molecular weight is 905 g/mol. The predicted molar refractivity (Wildman–Crippen MR) is 234 cm³/mol. The van der Waals surface area contributed by atoms with Crippen LogP contribution in [0.1, 0.15) is 84.1 Å². The SMILES string of the molecule is CCCCCC[C@H](NC(=O)CN(C)C(=O)[C@H](CNC)NC(=O)[C@H](CC(N)=O)NC(=O)[C@H](CCC(N)=O)NC(=O)[C@@H](NC(=O)[C@@H](N)Cc1ccc(O)cc1)[C@@H](C)CC)C(=O)NCC(N)=O. The van der Waals surface area contributed by atoms with Crippen LogP contribution in [-0.2, 0) is 54.4 Å². The van der Waals surface area contributed by atoms with Gasteiger partial charge in [0.15, 0.2) is 0 Å². The maximum absolute atomic E-state index is 13.8. The van der Waals surface area contributed by atoms with E-state index in [0.29, 0.717) is 18.4 Å². The molecule has 0 aliphatic carbocycles. The molecule has 16 N–H and O–H groups in total. The molecule has 0 unspecified atom stereocenters. The number of nitrogens with one attached hydrogen (secondary N) is 7. The van der Waals surface area contributed by atoms with E-state index in [4.69, 9.17) is 22.9 Å². The Morgan fingerprint density at radius 3 is 1.84 bits per heavy atom. The van der Waals surface area contributed by atoms with E-state index >= 15 is 0 Å². The molecule has 1 aromatic rings. The minimum atomic E-state index is -1.71. The number of aromatic hydroxyl groups is 1. The molecule has 0 bridgehead atoms. The predicted octanol–water partition coefficient (Wildman–Crippen LogP) is -3.88. The van der Waals surface area contributed by atoms with Crippen molar-refractivity contribution in [2.75, 3.05) is 33.7 Å². The first-order chi connectivity index (χ1) is 30.1. The summed E-state index contributed by atoms with van der Waals surface area (Å²) in [6.07, 6.45) is 2.38. The van der Waals surface area contributed by atoms with Crippen LogP contribution in [0.4, 0.5) is 0 Å². The van der Waals surface area contributed by atoms with Crippen molar-refractivity contribution in [1.29, 1.82) is 0 Å². The third-order valence-corrected chi connectivity index (χ3v) is 10.1. The van der Waals surface area contributed by atoms with Gasteiger partial charge in [-0.25, -0.2) is 0 Å². The summed E-state index contributed by atoms with van der Waals surface area (Å²) in [6, 6.07) is -1.95. The van der Waals surface area contributed by atoms with Gasteiger partial charge < -0.3 is 70.2 Å². The fourth-order valence-corrected chi connectivity index (χ4v) is 6.26. The van der Waals surface area contributed by atoms with Crippen molar-refractivity contribution >= 4 is 59.1 Å². The van der Waals surface area contributed by atoms with Crippen molar-refractivity contribution in [2.45, 2.75) is 121 Å². The first-order valence-electron chi connectivity index (χ1n) is 21.2. The molecular weight excluding hydrogens is 837 g/mol. The van der Waals surface area contributed by atoms with Gasteiger partial charge in [-0.3, -0.25) is 47.9 Å². The van der Waals surface area contributed by atoms with Crippen molar-refractivity contribution < 1.29 is 53.1 Å². The zero-order valence-corrected chi connectivity index (χ0v) is 37.3. The summed E-state index contributed by atoms with van der Waals surface area (Å²) >= 11 is 0. The Balaban J connectivity index is 3.21. The van der Waals surface area contributed by atoms with Gasteiger partial charge in [-0.15, -0.1) is 0 Å². The van der Waals surface area contributed by atoms with Crippen LogP contribution in [-0.4, -0.2) is 139 Å². The van der Waals surface area contributed by atoms with Crippen LogP contribution in [0, 0.1) is 5.92 Å². The third-order valence-electron chi connectivity index (χ3n) is 10.1. The highest BCUT2D eigenvalue weighted by Crippen LogP contribution is 2.13. The molecule has 358 valence electrons. The molecule has 0 saturated carbocycles. The number of phenolic OH excluding ortho intramolecular Hbond substituents is 1. The quantitative estimate of drug-likeness (QED) is 0.0318. The Bertz CT molecular complexity index is 1760. The van der Waals surface area contributed by atoms with Gasteiger partial charge in [0.05, 0.1) is 25.6 Å². The second-order valence-electron chi connectivity index (χ2n) is 15.6. The molecule has 0 heterocycles. The second-order valence-corrected chi connectivity index (χ2v) is 15.6. The fourth-order valence-electron chi connectivity index (χ4n) is 6.26. The fraction of sp³-hybridized carbons (Fsp3) is 0.610. The molecule has 0 aliphatic heterocycles. The molecule has 64 heavy (non-hydrogen) atoms. The maximum atomic E-state index is 13.8. The van der Waals surface area contributed by atoms with E-state index in [1.54, 1.807) is 26.0 Å². The number of benzene rings is 1. The Morgan fingerprint density at radius 2 is 1.28 bits per heavy atom. The summed E-state index contributed by atoms with van der Waals surface area (Å²) in [5.41, 5.74) is 22.7. The van der Waals surface area contributed by atoms with Gasteiger partial charge >= 0.3 is 0 Å². The molecule has 0 fully saturated rings. The maximum Gasteiger partial charge on any atom is 0.246 e. The lowest BCUT2D eigenvalue weighted by atomic mass is 9.96. The lowest BCUT2D eigenvalue weighted by Crippen LogP contribution is -2.61. The molecule has 0 spiro atoms. The van der Waals surface area contributed by atoms with Gasteiger partial charge in [-0.2, -0.15) is 0 Å². The minimum absolute atomic E-state index is 0.0230. The van der Waals surface area contributed by atoms with Gasteiger partial charge in [0, 0.05) is 20.0 Å². The standard InChI is InChI=1S/C41H68N12O11/c1-6-8-9-10-11-27(37(60)47-21-33(45)57)48-34(58)22-53(5)41(64)30(20-46-4)51-39(62)29(19-32(44)56)50-38(61)28(16-17-31(43)55)49-40(63)35(23(3)7-2)52-36(59)26(42)18-24-12-14-25(54)15-13-24/h12-15,23,26-30,35,46,54H,6-11,16-22,42H2,1-5H3,(H2,43,55)(H2,44,56)(H2,45,57)(H,47,60)(H,48,58)(H,49,63)(H,50,61)(H,51,62)(H,52,59)/t23-,26-,27-,28-,29-,30-,35-/m0/s1. The molecule has 23 nitrogen and oxygen atoms in total. The van der Waals surface area contributed by atoms with Crippen molar-refractivity contribution in [3.63, 3.8) is 0 Å². The van der Waals surface area contributed by atoms with Crippen LogP contribution in [0.25, 0.3) is 0 Å². The van der Waals surface area contributed by atoms with E-state index in [2.05, 4.69) is 37.2 Å². The molecule has 23 heteroatoms. The van der Waals surface area contributed by atoms with Gasteiger partial charge in [0.25, 0.3) is 0 Å². The van der Waals surface area contributed by atoms with Gasteiger partial charge in [0.1, 0.15) is 36.0 Å². The van der Waals surface area contributed by atoms with Crippen molar-refractivity contribution in [2.24, 2.45) is 28.9 Å². The topological polar surface area (TPSA) is 382 Å². The summed E-state index contributed by atoms with van der Waals surface area (Å²) in [6.45, 7) is 4.25. The highest BCUT2D eigenvalue weighted by atomic mass is 16.3. The van der Waals surface area contributed by atoms with Crippen LogP contribution in [0.15, 0.2) is 24.3 Å². The van der Waals surface area contributed by atoms with Crippen LogP contribution in [0.5, 0.6) is 5.75 Å². The molecule has 7 atom stereocenters. The number of primary amides is 3. The van der Waals surface area contributed by atoms with Crippen molar-refractivity contribution in [3.05, 3.63) is 29.8 Å². The zero-order chi connectivity index (χ0) is 48.5. The molecule has 0 aromatic heterocycles. The van der Waals surface area contributed by atoms with E-state index < -0.39 is 127 Å². The molecule has 1 aromatic carbocycles. The summed E-state index contributed by atoms with van der Waals surface area (Å²) in [4.78, 5) is 130. The summed E-state index contributed by atoms with van der Waals surface area (Å²) in [7, 11) is 2.74. The number of carbonyl (C=O) groups excluding carboxylic acids is 10. The Kier molecular flexibility index (Phi) is 25.3. The van der Waals surface area contributed by atoms with Crippen LogP contribution in [0.2, 0.25) is 0 Å². The normalized spacial score (nSPS) is 14.2. The van der Waals surface area contributed by atoms with E-state index in [1.807, 2.05) is 6.92 Å². The number of carbonyl (C=O) groups is 10. The lowest BCUT2D eigenvalue weighted by molar-refractivity contribution is -0.139. The summed E-state index contributed by atoms with van der Waals surface area (Å²) < 4.78 is 0. The molecule has 0 saturated heterocycles. The van der Waals surface area contributed by atoms with E-state index in [-0.39, 0.29) is 31.6 Å². The Hall–Kier alpha value is -6.36. The monoisotopic (exact) mass is 905 g/mol. The number of rotatable bonds is 31. The number of hydrogen-bond donors (Lipinski definition) is 12. The molecule has 1 rings (SSSR count). The number of nitrogens with zero attached hydrogens (tertiary/aromatic N) is 1. The second kappa shape index (κ2) is 29.1. The lowest BCUT2D eigenvalue weighted by Gasteiger charge is -2.29. The summed E-state index contributed by atoms with van der Waals surface area (Å²) in [5.74, 6) is -8.87. The van der Waals surface area contributed by atoms with Gasteiger partial charge in [0.2, 0.25) is 59.1 Å². The smallest absolute Gasteiger partial charge is 0.246 e. The number of nitrogens with two attached hydrogens (primary N) is 4. The number of phenols is 1. The van der Waals surface area contributed by atoms with Gasteiger partial charge in [-0.1, -0.05) is 65.0 Å². The zero-order valence-electron chi connectivity index (χ0n) is 37.3. The largest absolute Gasteiger partial charge is 0.508 e. The number of likely N-dealkylation sites (N-methyl/N-ethyl adjacent to an activating group) is 2. The highest BCUT2D eigenvalue weighted by Gasteiger charge is 2.35. The van der Waals surface area contributed by atoms with E-state index in [1.165, 1.54) is 26.2 Å². The van der Waals surface area contributed by atoms with Crippen LogP contribution < -0.4 is 60.2 Å². The van der Waals surface area contributed by atoms with Gasteiger partial charge in [-0.05, 0) is 49.9 Å². The highest BCUT2D eigenvalue weighted by molar-refractivity contribution is 5.98. The number of unbranched alkanes of at least 4 members (excludes halogenated alkanes) is 3. The first kappa shape index (κ1) is 55.7.